The molecule has 0 unspecified atom stereocenters. The molecule has 1 amide bonds. The Labute approximate surface area is 181 Å². The van der Waals surface area contributed by atoms with E-state index >= 15 is 0 Å². The van der Waals surface area contributed by atoms with Crippen molar-refractivity contribution in [1.82, 2.24) is 19.1 Å². The van der Waals surface area contributed by atoms with E-state index in [9.17, 15) is 14.4 Å². The van der Waals surface area contributed by atoms with E-state index in [1.807, 2.05) is 6.92 Å². The van der Waals surface area contributed by atoms with Crippen molar-refractivity contribution in [2.75, 3.05) is 17.9 Å². The topological polar surface area (TPSA) is 117 Å². The van der Waals surface area contributed by atoms with Gasteiger partial charge in [-0.2, -0.15) is 0 Å². The van der Waals surface area contributed by atoms with Gasteiger partial charge in [-0.25, -0.2) is 14.8 Å². The number of hydrogen-bond donors (Lipinski definition) is 1. The van der Waals surface area contributed by atoms with Gasteiger partial charge in [-0.05, 0) is 18.6 Å². The van der Waals surface area contributed by atoms with E-state index in [0.29, 0.717) is 34.5 Å². The van der Waals surface area contributed by atoms with E-state index in [1.165, 1.54) is 11.6 Å². The van der Waals surface area contributed by atoms with E-state index in [4.69, 9.17) is 9.47 Å². The Morgan fingerprint density at radius 2 is 1.94 bits per heavy atom. The molecule has 1 aromatic carbocycles. The second kappa shape index (κ2) is 8.42. The minimum absolute atomic E-state index is 0.0259. The van der Waals surface area contributed by atoms with Crippen LogP contribution in [0.15, 0.2) is 32.8 Å². The van der Waals surface area contributed by atoms with Gasteiger partial charge in [0, 0.05) is 32.3 Å². The summed E-state index contributed by atoms with van der Waals surface area (Å²) in [6.07, 6.45) is 1.40. The maximum absolute atomic E-state index is 12.8. The van der Waals surface area contributed by atoms with Crippen LogP contribution < -0.4 is 26.0 Å². The Kier molecular flexibility index (Phi) is 5.68. The molecule has 0 atom stereocenters. The van der Waals surface area contributed by atoms with Crippen molar-refractivity contribution in [3.8, 4) is 11.5 Å². The summed E-state index contributed by atoms with van der Waals surface area (Å²) in [4.78, 5) is 46.5. The van der Waals surface area contributed by atoms with Crippen LogP contribution in [0, 0.1) is 0 Å². The zero-order valence-corrected chi connectivity index (χ0v) is 18.1. The zero-order valence-electron chi connectivity index (χ0n) is 17.3. The van der Waals surface area contributed by atoms with Crippen LogP contribution in [0.3, 0.4) is 0 Å². The summed E-state index contributed by atoms with van der Waals surface area (Å²) >= 11 is 1.13. The van der Waals surface area contributed by atoms with Crippen LogP contribution in [0.5, 0.6) is 11.5 Å². The average molecular weight is 443 g/mol. The van der Waals surface area contributed by atoms with Gasteiger partial charge in [-0.1, -0.05) is 18.7 Å². The van der Waals surface area contributed by atoms with Crippen LogP contribution in [0.25, 0.3) is 11.0 Å². The van der Waals surface area contributed by atoms with Crippen LogP contribution in [-0.4, -0.2) is 37.6 Å². The molecule has 0 fully saturated rings. The molecule has 162 valence electrons. The SMILES string of the molecule is CCCc1nc(SCC(=O)Nc2ccc3c(c2)OCO3)c2c(=O)n(C)c(=O)n(C)c2n1. The summed E-state index contributed by atoms with van der Waals surface area (Å²) < 4.78 is 12.9. The minimum Gasteiger partial charge on any atom is -0.454 e. The number of aryl methyl sites for hydroxylation is 2. The summed E-state index contributed by atoms with van der Waals surface area (Å²) in [5.41, 5.74) is -0.104. The quantitative estimate of drug-likeness (QED) is 0.449. The number of nitrogens with one attached hydrogen (secondary N) is 1. The number of carbonyl (C=O) groups excluding carboxylic acids is 1. The summed E-state index contributed by atoms with van der Waals surface area (Å²) in [6.45, 7) is 2.14. The molecular formula is C20H21N5O5S. The fraction of sp³-hybridized carbons (Fsp3) is 0.350. The van der Waals surface area contributed by atoms with Crippen LogP contribution >= 0.6 is 11.8 Å². The molecule has 10 nitrogen and oxygen atoms in total. The average Bonchev–Trinajstić information content (AvgIpc) is 3.22. The predicted octanol–water partition coefficient (Wildman–Crippen LogP) is 1.44. The fourth-order valence-electron chi connectivity index (χ4n) is 3.22. The number of aromatic nitrogens is 4. The van der Waals surface area contributed by atoms with Crippen LogP contribution in [0.4, 0.5) is 5.69 Å². The lowest BCUT2D eigenvalue weighted by Gasteiger charge is -2.12. The standard InChI is InChI=1S/C20H21N5O5S/c1-4-5-14-22-17-16(19(27)25(3)20(28)24(17)2)18(23-14)31-9-15(26)21-11-6-7-12-13(8-11)30-10-29-12/h6-8H,4-5,9-10H2,1-3H3,(H,21,26). The molecule has 1 aliphatic heterocycles. The number of rotatable bonds is 6. The smallest absolute Gasteiger partial charge is 0.332 e. The predicted molar refractivity (Wildman–Crippen MR) is 116 cm³/mol. The van der Waals surface area contributed by atoms with Gasteiger partial charge in [-0.15, -0.1) is 0 Å². The van der Waals surface area contributed by atoms with Gasteiger partial charge < -0.3 is 14.8 Å². The summed E-state index contributed by atoms with van der Waals surface area (Å²) in [5.74, 6) is 1.48. The first kappa shape index (κ1) is 20.9. The number of ether oxygens (including phenoxy) is 2. The molecule has 2 aromatic heterocycles. The molecule has 1 N–H and O–H groups in total. The maximum Gasteiger partial charge on any atom is 0.332 e. The molecular weight excluding hydrogens is 422 g/mol. The number of hydrogen-bond acceptors (Lipinski definition) is 8. The van der Waals surface area contributed by atoms with Gasteiger partial charge in [0.25, 0.3) is 5.56 Å². The molecule has 3 aromatic rings. The number of benzene rings is 1. The molecule has 0 saturated heterocycles. The monoisotopic (exact) mass is 443 g/mol. The third-order valence-electron chi connectivity index (χ3n) is 4.78. The van der Waals surface area contributed by atoms with E-state index in [2.05, 4.69) is 15.3 Å². The first-order valence-electron chi connectivity index (χ1n) is 9.68. The number of nitrogens with zero attached hydrogens (tertiary/aromatic N) is 4. The first-order chi connectivity index (χ1) is 14.9. The van der Waals surface area contributed by atoms with Gasteiger partial charge in [0.15, 0.2) is 17.1 Å². The van der Waals surface area contributed by atoms with Crippen molar-refractivity contribution in [3.63, 3.8) is 0 Å². The van der Waals surface area contributed by atoms with Crippen molar-refractivity contribution < 1.29 is 14.3 Å². The van der Waals surface area contributed by atoms with E-state index in [1.54, 1.807) is 25.2 Å². The molecule has 4 rings (SSSR count). The molecule has 0 saturated carbocycles. The highest BCUT2D eigenvalue weighted by atomic mass is 32.2. The molecule has 11 heteroatoms. The molecule has 1 aliphatic rings. The summed E-state index contributed by atoms with van der Waals surface area (Å²) in [7, 11) is 2.97. The molecule has 0 aliphatic carbocycles. The van der Waals surface area contributed by atoms with Gasteiger partial charge in [0.1, 0.15) is 16.2 Å². The first-order valence-corrected chi connectivity index (χ1v) is 10.7. The van der Waals surface area contributed by atoms with Crippen LogP contribution in [0.1, 0.15) is 19.2 Å². The van der Waals surface area contributed by atoms with Crippen molar-refractivity contribution in [2.45, 2.75) is 24.8 Å². The fourth-order valence-corrected chi connectivity index (χ4v) is 4.05. The van der Waals surface area contributed by atoms with Crippen molar-refractivity contribution in [3.05, 3.63) is 44.9 Å². The highest BCUT2D eigenvalue weighted by Gasteiger charge is 2.19. The number of anilines is 1. The highest BCUT2D eigenvalue weighted by molar-refractivity contribution is 8.00. The Hall–Kier alpha value is -3.34. The lowest BCUT2D eigenvalue weighted by Crippen LogP contribution is -2.38. The highest BCUT2D eigenvalue weighted by Crippen LogP contribution is 2.34. The van der Waals surface area contributed by atoms with Gasteiger partial charge in [0.05, 0.1) is 5.75 Å². The zero-order chi connectivity index (χ0) is 22.1. The van der Waals surface area contributed by atoms with Crippen LogP contribution in [-0.2, 0) is 25.3 Å². The van der Waals surface area contributed by atoms with Gasteiger partial charge in [-0.3, -0.25) is 18.7 Å². The maximum atomic E-state index is 12.8. The number of amides is 1. The third kappa shape index (κ3) is 4.00. The van der Waals surface area contributed by atoms with Crippen molar-refractivity contribution >= 4 is 34.4 Å². The molecule has 3 heterocycles. The largest absolute Gasteiger partial charge is 0.454 e. The van der Waals surface area contributed by atoms with Crippen LogP contribution in [0.2, 0.25) is 0 Å². The summed E-state index contributed by atoms with van der Waals surface area (Å²) in [5, 5.41) is 3.41. The minimum atomic E-state index is -0.486. The van der Waals surface area contributed by atoms with E-state index in [-0.39, 0.29) is 29.5 Å². The van der Waals surface area contributed by atoms with Crippen molar-refractivity contribution in [2.24, 2.45) is 14.1 Å². The second-order valence-corrected chi connectivity index (χ2v) is 7.97. The molecule has 0 bridgehead atoms. The molecule has 0 spiro atoms. The molecule has 31 heavy (non-hydrogen) atoms. The molecule has 0 radical (unpaired) electrons. The Morgan fingerprint density at radius 3 is 2.71 bits per heavy atom. The normalized spacial score (nSPS) is 12.4. The van der Waals surface area contributed by atoms with Gasteiger partial charge >= 0.3 is 5.69 Å². The lowest BCUT2D eigenvalue weighted by molar-refractivity contribution is -0.113. The van der Waals surface area contributed by atoms with Crippen molar-refractivity contribution in [1.29, 1.82) is 0 Å². The lowest BCUT2D eigenvalue weighted by atomic mass is 10.3. The summed E-state index contributed by atoms with van der Waals surface area (Å²) in [6, 6.07) is 5.14. The third-order valence-corrected chi connectivity index (χ3v) is 5.76. The Bertz CT molecular complexity index is 1300. The Balaban J connectivity index is 1.62. The second-order valence-electron chi connectivity index (χ2n) is 7.00. The van der Waals surface area contributed by atoms with E-state index < -0.39 is 11.2 Å². The van der Waals surface area contributed by atoms with E-state index in [0.717, 1.165) is 22.7 Å². The number of fused-ring (bicyclic) bond motifs is 2. The van der Waals surface area contributed by atoms with Gasteiger partial charge in [0.2, 0.25) is 12.7 Å². The Morgan fingerprint density at radius 1 is 1.16 bits per heavy atom. The number of thioether (sulfide) groups is 1. The number of carbonyl (C=O) groups is 1.